The summed E-state index contributed by atoms with van der Waals surface area (Å²) in [5.41, 5.74) is 0.0163. The van der Waals surface area contributed by atoms with E-state index in [1.807, 2.05) is 0 Å². The van der Waals surface area contributed by atoms with Crippen LogP contribution in [0.3, 0.4) is 0 Å². The van der Waals surface area contributed by atoms with E-state index >= 15 is 0 Å². The molecule has 1 atom stereocenters. The molecule has 1 N–H and O–H groups in total. The number of aromatic carboxylic acids is 1. The first kappa shape index (κ1) is 19.6. The van der Waals surface area contributed by atoms with Crippen LogP contribution in [0.5, 0.6) is 17.2 Å². The summed E-state index contributed by atoms with van der Waals surface area (Å²) in [6.45, 7) is 3.59. The van der Waals surface area contributed by atoms with Crippen LogP contribution in [-0.2, 0) is 4.74 Å². The van der Waals surface area contributed by atoms with Crippen LogP contribution in [0.15, 0.2) is 30.6 Å². The summed E-state index contributed by atoms with van der Waals surface area (Å²) < 4.78 is 16.4. The number of rotatable bonds is 8. The van der Waals surface area contributed by atoms with E-state index in [4.69, 9.17) is 14.2 Å². The summed E-state index contributed by atoms with van der Waals surface area (Å²) in [6, 6.07) is 4.35. The molecule has 1 aliphatic rings. The molecule has 0 radical (unpaired) electrons. The van der Waals surface area contributed by atoms with Crippen LogP contribution in [-0.4, -0.2) is 64.8 Å². The standard InChI is InChI=1S/C19H21N3O6/c1-12(11-26-2)27-14-6-13(19(24)25)7-15(8-14)28-16-9-20-17(21-10-16)18(23)22-4-3-5-22/h6-10,12H,3-5,11H2,1-2H3,(H,24,25)/t12-/m0/s1. The van der Waals surface area contributed by atoms with Crippen molar-refractivity contribution in [1.29, 1.82) is 0 Å². The van der Waals surface area contributed by atoms with Crippen molar-refractivity contribution >= 4 is 11.9 Å². The molecule has 1 aromatic carbocycles. The zero-order valence-corrected chi connectivity index (χ0v) is 15.6. The first-order valence-electron chi connectivity index (χ1n) is 8.79. The van der Waals surface area contributed by atoms with Crippen LogP contribution in [0.2, 0.25) is 0 Å². The van der Waals surface area contributed by atoms with Crippen molar-refractivity contribution in [2.24, 2.45) is 0 Å². The van der Waals surface area contributed by atoms with Crippen LogP contribution >= 0.6 is 0 Å². The SMILES string of the molecule is COC[C@H](C)Oc1cc(Oc2cnc(C(=O)N3CCC3)nc2)cc(C(=O)O)c1. The molecule has 1 amide bonds. The van der Waals surface area contributed by atoms with Crippen molar-refractivity contribution in [3.05, 3.63) is 42.0 Å². The molecule has 1 aliphatic heterocycles. The second-order valence-corrected chi connectivity index (χ2v) is 6.37. The summed E-state index contributed by atoms with van der Waals surface area (Å²) in [6.07, 6.45) is 3.47. The Balaban J connectivity index is 1.75. The van der Waals surface area contributed by atoms with E-state index < -0.39 is 5.97 Å². The lowest BCUT2D eigenvalue weighted by molar-refractivity contribution is 0.0637. The quantitative estimate of drug-likeness (QED) is 0.734. The van der Waals surface area contributed by atoms with Gasteiger partial charge in [-0.2, -0.15) is 0 Å². The highest BCUT2D eigenvalue weighted by Crippen LogP contribution is 2.28. The Morgan fingerprint density at radius 3 is 2.39 bits per heavy atom. The number of amides is 1. The van der Waals surface area contributed by atoms with Gasteiger partial charge in [0.15, 0.2) is 5.75 Å². The minimum Gasteiger partial charge on any atom is -0.488 e. The number of likely N-dealkylation sites (tertiary alicyclic amines) is 1. The molecule has 3 rings (SSSR count). The number of carbonyl (C=O) groups is 2. The van der Waals surface area contributed by atoms with Crippen molar-refractivity contribution in [1.82, 2.24) is 14.9 Å². The molecular weight excluding hydrogens is 366 g/mol. The molecule has 2 aromatic rings. The molecule has 148 valence electrons. The lowest BCUT2D eigenvalue weighted by atomic mass is 10.2. The van der Waals surface area contributed by atoms with Gasteiger partial charge in [-0.1, -0.05) is 0 Å². The Kier molecular flexibility index (Phi) is 6.05. The molecule has 1 fully saturated rings. The van der Waals surface area contributed by atoms with E-state index in [1.165, 1.54) is 24.5 Å². The zero-order chi connectivity index (χ0) is 20.1. The van der Waals surface area contributed by atoms with Crippen LogP contribution in [0.4, 0.5) is 0 Å². The Morgan fingerprint density at radius 1 is 1.14 bits per heavy atom. The minimum absolute atomic E-state index is 0.0163. The Bertz CT molecular complexity index is 851. The maximum atomic E-state index is 12.1. The van der Waals surface area contributed by atoms with Gasteiger partial charge in [0.1, 0.15) is 17.6 Å². The van der Waals surface area contributed by atoms with Crippen LogP contribution in [0.1, 0.15) is 34.3 Å². The Labute approximate surface area is 161 Å². The Morgan fingerprint density at radius 2 is 1.82 bits per heavy atom. The number of hydrogen-bond donors (Lipinski definition) is 1. The average Bonchev–Trinajstić information content (AvgIpc) is 2.60. The van der Waals surface area contributed by atoms with Gasteiger partial charge in [-0.15, -0.1) is 0 Å². The summed E-state index contributed by atoms with van der Waals surface area (Å²) in [5.74, 6) is -0.354. The molecular formula is C19H21N3O6. The number of carboxylic acid groups (broad SMARTS) is 1. The lowest BCUT2D eigenvalue weighted by Gasteiger charge is -2.29. The van der Waals surface area contributed by atoms with Crippen molar-refractivity contribution in [2.45, 2.75) is 19.4 Å². The highest BCUT2D eigenvalue weighted by molar-refractivity contribution is 5.91. The molecule has 0 spiro atoms. The third-order valence-corrected chi connectivity index (χ3v) is 4.06. The predicted molar refractivity (Wildman–Crippen MR) is 98.0 cm³/mol. The summed E-state index contributed by atoms with van der Waals surface area (Å²) >= 11 is 0. The summed E-state index contributed by atoms with van der Waals surface area (Å²) in [5, 5.41) is 9.31. The third-order valence-electron chi connectivity index (χ3n) is 4.06. The number of ether oxygens (including phenoxy) is 3. The first-order chi connectivity index (χ1) is 13.5. The molecule has 0 aliphatic carbocycles. The van der Waals surface area contributed by atoms with Gasteiger partial charge in [0.05, 0.1) is 24.6 Å². The Hall–Kier alpha value is -3.20. The number of carboxylic acids is 1. The van der Waals surface area contributed by atoms with E-state index in [0.29, 0.717) is 25.4 Å². The number of methoxy groups -OCH3 is 1. The van der Waals surface area contributed by atoms with Crippen molar-refractivity contribution in [3.63, 3.8) is 0 Å². The molecule has 0 saturated carbocycles. The maximum Gasteiger partial charge on any atom is 0.335 e. The number of carbonyl (C=O) groups excluding carboxylic acids is 1. The van der Waals surface area contributed by atoms with Gasteiger partial charge in [-0.3, -0.25) is 4.79 Å². The van der Waals surface area contributed by atoms with Crippen LogP contribution in [0, 0.1) is 0 Å². The molecule has 9 nitrogen and oxygen atoms in total. The first-order valence-corrected chi connectivity index (χ1v) is 8.79. The molecule has 0 bridgehead atoms. The number of hydrogen-bond acceptors (Lipinski definition) is 7. The van der Waals surface area contributed by atoms with Crippen LogP contribution < -0.4 is 9.47 Å². The fourth-order valence-corrected chi connectivity index (χ4v) is 2.60. The third kappa shape index (κ3) is 4.74. The van der Waals surface area contributed by atoms with Gasteiger partial charge in [0, 0.05) is 26.3 Å². The molecule has 9 heteroatoms. The number of benzene rings is 1. The minimum atomic E-state index is -1.11. The molecule has 2 heterocycles. The molecule has 1 saturated heterocycles. The van der Waals surface area contributed by atoms with Gasteiger partial charge in [0.25, 0.3) is 5.91 Å². The highest BCUT2D eigenvalue weighted by Gasteiger charge is 2.23. The van der Waals surface area contributed by atoms with Crippen molar-refractivity contribution in [2.75, 3.05) is 26.8 Å². The topological polar surface area (TPSA) is 111 Å². The van der Waals surface area contributed by atoms with E-state index in [0.717, 1.165) is 6.42 Å². The number of nitrogens with zero attached hydrogens (tertiary/aromatic N) is 3. The van der Waals surface area contributed by atoms with Gasteiger partial charge in [-0.05, 0) is 25.5 Å². The fourth-order valence-electron chi connectivity index (χ4n) is 2.60. The second kappa shape index (κ2) is 8.66. The molecule has 1 aromatic heterocycles. The van der Waals surface area contributed by atoms with Crippen LogP contribution in [0.25, 0.3) is 0 Å². The second-order valence-electron chi connectivity index (χ2n) is 6.37. The lowest BCUT2D eigenvalue weighted by Crippen LogP contribution is -2.42. The van der Waals surface area contributed by atoms with Crippen molar-refractivity contribution in [3.8, 4) is 17.2 Å². The van der Waals surface area contributed by atoms with Gasteiger partial charge < -0.3 is 24.2 Å². The summed E-state index contributed by atoms with van der Waals surface area (Å²) in [7, 11) is 1.55. The molecule has 28 heavy (non-hydrogen) atoms. The smallest absolute Gasteiger partial charge is 0.335 e. The average molecular weight is 387 g/mol. The predicted octanol–water partition coefficient (Wildman–Crippen LogP) is 2.23. The highest BCUT2D eigenvalue weighted by atomic mass is 16.5. The van der Waals surface area contributed by atoms with Gasteiger partial charge in [-0.25, -0.2) is 14.8 Å². The van der Waals surface area contributed by atoms with Gasteiger partial charge in [0.2, 0.25) is 5.82 Å². The maximum absolute atomic E-state index is 12.1. The monoisotopic (exact) mass is 387 g/mol. The van der Waals surface area contributed by atoms with E-state index in [1.54, 1.807) is 25.0 Å². The molecule has 0 unspecified atom stereocenters. The largest absolute Gasteiger partial charge is 0.488 e. The fraction of sp³-hybridized carbons (Fsp3) is 0.368. The van der Waals surface area contributed by atoms with E-state index in [-0.39, 0.29) is 34.9 Å². The number of aromatic nitrogens is 2. The summed E-state index contributed by atoms with van der Waals surface area (Å²) in [4.78, 5) is 33.2. The normalized spacial score (nSPS) is 14.1. The zero-order valence-electron chi connectivity index (χ0n) is 15.6. The van der Waals surface area contributed by atoms with Gasteiger partial charge >= 0.3 is 5.97 Å². The van der Waals surface area contributed by atoms with E-state index in [2.05, 4.69) is 9.97 Å². The van der Waals surface area contributed by atoms with Crippen molar-refractivity contribution < 1.29 is 28.9 Å². The van der Waals surface area contributed by atoms with E-state index in [9.17, 15) is 14.7 Å².